The average Bonchev–Trinajstić information content (AvgIpc) is 3.45. The molecule has 42 heavy (non-hydrogen) atoms. The third kappa shape index (κ3) is 4.61. The second kappa shape index (κ2) is 10.0. The van der Waals surface area contributed by atoms with Gasteiger partial charge < -0.3 is 9.52 Å². The van der Waals surface area contributed by atoms with Gasteiger partial charge in [0.25, 0.3) is 0 Å². The molecule has 0 unspecified atom stereocenters. The average molecular weight is 547 g/mol. The molecule has 0 bridgehead atoms. The van der Waals surface area contributed by atoms with E-state index in [1.807, 2.05) is 42.6 Å². The number of oxazole rings is 1. The number of nitrogens with zero attached hydrogens (tertiary/aromatic N) is 2. The van der Waals surface area contributed by atoms with E-state index < -0.39 is 0 Å². The van der Waals surface area contributed by atoms with E-state index >= 15 is 0 Å². The number of phenolic OH excluding ortho intramolecular Hbond substituents is 1. The van der Waals surface area contributed by atoms with Gasteiger partial charge in [0.2, 0.25) is 5.89 Å². The van der Waals surface area contributed by atoms with Crippen LogP contribution in [0, 0.1) is 0 Å². The SMILES string of the molecule is CC(C)(C)c1cc(-c2cc(-c3ccccc3)cc(-c3cccc4oc(-c5ccccc5O)nc34)c2)c2ncccc2c1. The molecule has 0 saturated carbocycles. The molecule has 204 valence electrons. The van der Waals surface area contributed by atoms with Crippen LogP contribution in [0.1, 0.15) is 26.3 Å². The molecule has 7 aromatic rings. The first kappa shape index (κ1) is 25.7. The van der Waals surface area contributed by atoms with Gasteiger partial charge in [-0.3, -0.25) is 4.98 Å². The maximum Gasteiger partial charge on any atom is 0.231 e. The van der Waals surface area contributed by atoms with E-state index in [1.165, 1.54) is 5.56 Å². The summed E-state index contributed by atoms with van der Waals surface area (Å²) in [5.41, 5.74) is 10.6. The van der Waals surface area contributed by atoms with Gasteiger partial charge in [-0.2, -0.15) is 0 Å². The summed E-state index contributed by atoms with van der Waals surface area (Å²) in [6, 6.07) is 38.9. The summed E-state index contributed by atoms with van der Waals surface area (Å²) in [7, 11) is 0. The molecule has 0 saturated heterocycles. The van der Waals surface area contributed by atoms with Gasteiger partial charge in [0.1, 0.15) is 11.3 Å². The number of hydrogen-bond donors (Lipinski definition) is 1. The summed E-state index contributed by atoms with van der Waals surface area (Å²) in [5, 5.41) is 11.6. The quantitative estimate of drug-likeness (QED) is 0.239. The summed E-state index contributed by atoms with van der Waals surface area (Å²) in [6.45, 7) is 6.73. The van der Waals surface area contributed by atoms with E-state index in [0.29, 0.717) is 17.0 Å². The number of para-hydroxylation sites is 2. The van der Waals surface area contributed by atoms with Gasteiger partial charge in [-0.25, -0.2) is 4.98 Å². The van der Waals surface area contributed by atoms with Crippen molar-refractivity contribution in [3.63, 3.8) is 0 Å². The lowest BCUT2D eigenvalue weighted by molar-refractivity contribution is 0.474. The Morgan fingerprint density at radius 1 is 0.595 bits per heavy atom. The highest BCUT2D eigenvalue weighted by Gasteiger charge is 2.20. The third-order valence-corrected chi connectivity index (χ3v) is 7.79. The highest BCUT2D eigenvalue weighted by Crippen LogP contribution is 2.40. The zero-order valence-electron chi connectivity index (χ0n) is 23.8. The van der Waals surface area contributed by atoms with Crippen molar-refractivity contribution in [1.82, 2.24) is 9.97 Å². The zero-order valence-corrected chi connectivity index (χ0v) is 23.8. The van der Waals surface area contributed by atoms with Gasteiger partial charge in [-0.1, -0.05) is 81.4 Å². The van der Waals surface area contributed by atoms with Crippen LogP contribution in [0.15, 0.2) is 126 Å². The first-order valence-corrected chi connectivity index (χ1v) is 14.1. The van der Waals surface area contributed by atoms with E-state index in [-0.39, 0.29) is 11.2 Å². The number of aromatic hydroxyl groups is 1. The molecule has 0 aliphatic heterocycles. The molecular formula is C38H30N2O2. The fraction of sp³-hybridized carbons (Fsp3) is 0.105. The largest absolute Gasteiger partial charge is 0.507 e. The Bertz CT molecular complexity index is 2090. The lowest BCUT2D eigenvalue weighted by Crippen LogP contribution is -2.11. The Labute approximate surface area is 245 Å². The van der Waals surface area contributed by atoms with Crippen LogP contribution in [0.25, 0.3) is 66.8 Å². The van der Waals surface area contributed by atoms with Gasteiger partial charge >= 0.3 is 0 Å². The normalized spacial score (nSPS) is 11.8. The first-order chi connectivity index (χ1) is 20.3. The molecule has 0 aliphatic carbocycles. The zero-order chi connectivity index (χ0) is 28.8. The van der Waals surface area contributed by atoms with Crippen LogP contribution in [-0.2, 0) is 5.41 Å². The fourth-order valence-electron chi connectivity index (χ4n) is 5.53. The highest BCUT2D eigenvalue weighted by atomic mass is 16.3. The number of pyridine rings is 1. The summed E-state index contributed by atoms with van der Waals surface area (Å²) >= 11 is 0. The summed E-state index contributed by atoms with van der Waals surface area (Å²) in [6.07, 6.45) is 1.86. The molecule has 0 atom stereocenters. The van der Waals surface area contributed by atoms with E-state index in [2.05, 4.69) is 87.5 Å². The third-order valence-electron chi connectivity index (χ3n) is 7.79. The molecule has 4 nitrogen and oxygen atoms in total. The molecule has 0 radical (unpaired) electrons. The van der Waals surface area contributed by atoms with Crippen molar-refractivity contribution in [2.45, 2.75) is 26.2 Å². The Morgan fingerprint density at radius 3 is 2.10 bits per heavy atom. The Kier molecular flexibility index (Phi) is 6.13. The molecule has 5 aromatic carbocycles. The molecule has 2 heterocycles. The summed E-state index contributed by atoms with van der Waals surface area (Å²) in [5.74, 6) is 0.528. The summed E-state index contributed by atoms with van der Waals surface area (Å²) in [4.78, 5) is 9.71. The molecule has 0 spiro atoms. The van der Waals surface area contributed by atoms with Crippen molar-refractivity contribution in [3.8, 4) is 50.6 Å². The van der Waals surface area contributed by atoms with Gasteiger partial charge in [0.15, 0.2) is 5.58 Å². The lowest BCUT2D eigenvalue weighted by atomic mass is 9.83. The van der Waals surface area contributed by atoms with E-state index in [9.17, 15) is 5.11 Å². The lowest BCUT2D eigenvalue weighted by Gasteiger charge is -2.22. The number of benzene rings is 5. The van der Waals surface area contributed by atoms with E-state index in [4.69, 9.17) is 14.4 Å². The Balaban J connectivity index is 1.49. The van der Waals surface area contributed by atoms with Crippen molar-refractivity contribution in [1.29, 1.82) is 0 Å². The van der Waals surface area contributed by atoms with Crippen LogP contribution in [0.2, 0.25) is 0 Å². The van der Waals surface area contributed by atoms with Gasteiger partial charge in [-0.15, -0.1) is 0 Å². The van der Waals surface area contributed by atoms with E-state index in [0.717, 1.165) is 49.8 Å². The minimum absolute atomic E-state index is 0.0235. The Hall–Kier alpha value is -5.22. The highest BCUT2D eigenvalue weighted by molar-refractivity contribution is 5.99. The molecule has 2 aromatic heterocycles. The number of fused-ring (bicyclic) bond motifs is 2. The minimum atomic E-state index is -0.0235. The van der Waals surface area contributed by atoms with Gasteiger partial charge in [-0.05, 0) is 87.8 Å². The molecule has 7 rings (SSSR count). The second-order valence-corrected chi connectivity index (χ2v) is 11.7. The molecule has 4 heteroatoms. The maximum atomic E-state index is 10.5. The van der Waals surface area contributed by atoms with Crippen LogP contribution < -0.4 is 0 Å². The van der Waals surface area contributed by atoms with Gasteiger partial charge in [0.05, 0.1) is 11.1 Å². The van der Waals surface area contributed by atoms with Crippen molar-refractivity contribution in [2.24, 2.45) is 0 Å². The molecular weight excluding hydrogens is 516 g/mol. The monoisotopic (exact) mass is 546 g/mol. The fourth-order valence-corrected chi connectivity index (χ4v) is 5.53. The van der Waals surface area contributed by atoms with Crippen molar-refractivity contribution in [3.05, 3.63) is 127 Å². The predicted molar refractivity (Wildman–Crippen MR) is 171 cm³/mol. The predicted octanol–water partition coefficient (Wildman–Crippen LogP) is 10.0. The van der Waals surface area contributed by atoms with Crippen LogP contribution in [0.3, 0.4) is 0 Å². The molecule has 1 N–H and O–H groups in total. The minimum Gasteiger partial charge on any atom is -0.507 e. The number of rotatable bonds is 4. The number of hydrogen-bond acceptors (Lipinski definition) is 4. The standard InChI is InChI=1S/C38H30N2O2/c1-38(2,3)29-22-25-13-10-18-39-35(25)32(23-29)28-20-26(24-11-5-4-6-12-24)19-27(21-28)30-15-9-17-34-36(30)40-37(42-34)31-14-7-8-16-33(31)41/h4-23,41H,1-3H3. The van der Waals surface area contributed by atoms with Crippen LogP contribution in [-0.4, -0.2) is 15.1 Å². The van der Waals surface area contributed by atoms with Crippen molar-refractivity contribution in [2.75, 3.05) is 0 Å². The van der Waals surface area contributed by atoms with Gasteiger partial charge in [0, 0.05) is 22.7 Å². The first-order valence-electron chi connectivity index (χ1n) is 14.1. The summed E-state index contributed by atoms with van der Waals surface area (Å²) < 4.78 is 6.16. The molecule has 0 fully saturated rings. The van der Waals surface area contributed by atoms with Crippen LogP contribution in [0.5, 0.6) is 5.75 Å². The number of aromatic nitrogens is 2. The molecule has 0 amide bonds. The van der Waals surface area contributed by atoms with Crippen LogP contribution >= 0.6 is 0 Å². The molecule has 0 aliphatic rings. The smallest absolute Gasteiger partial charge is 0.231 e. The number of phenols is 1. The second-order valence-electron chi connectivity index (χ2n) is 11.7. The van der Waals surface area contributed by atoms with Crippen molar-refractivity contribution >= 4 is 22.0 Å². The Morgan fingerprint density at radius 2 is 1.31 bits per heavy atom. The van der Waals surface area contributed by atoms with E-state index in [1.54, 1.807) is 12.1 Å². The van der Waals surface area contributed by atoms with Crippen molar-refractivity contribution < 1.29 is 9.52 Å². The maximum absolute atomic E-state index is 10.5. The topological polar surface area (TPSA) is 59.2 Å². The van der Waals surface area contributed by atoms with Crippen LogP contribution in [0.4, 0.5) is 0 Å².